The zero-order valence-corrected chi connectivity index (χ0v) is 12.0. The summed E-state index contributed by atoms with van der Waals surface area (Å²) in [5.41, 5.74) is 0. The van der Waals surface area contributed by atoms with Gasteiger partial charge in [0, 0.05) is 0 Å². The van der Waals surface area contributed by atoms with Gasteiger partial charge in [0.05, 0.1) is 6.10 Å². The maximum Gasteiger partial charge on any atom is 1.00 e. The second kappa shape index (κ2) is 9.12. The molecule has 80 valence electrons. The van der Waals surface area contributed by atoms with E-state index in [1.807, 2.05) is 13.8 Å². The Labute approximate surface area is 109 Å². The van der Waals surface area contributed by atoms with Crippen LogP contribution in [0.4, 0.5) is 0 Å². The van der Waals surface area contributed by atoms with Crippen LogP contribution < -0.4 is 29.6 Å². The third kappa shape index (κ3) is 10.9. The molecule has 6 heteroatoms. The molecule has 0 aromatic carbocycles. The minimum atomic E-state index is -4.53. The van der Waals surface area contributed by atoms with Gasteiger partial charge < -0.3 is 4.55 Å². The van der Waals surface area contributed by atoms with Crippen LogP contribution in [0.2, 0.25) is 0 Å². The molecule has 0 aromatic heterocycles. The van der Waals surface area contributed by atoms with Crippen LogP contribution in [-0.4, -0.2) is 19.1 Å². The number of hydrogen-bond acceptors (Lipinski definition) is 4. The molecule has 0 bridgehead atoms. The van der Waals surface area contributed by atoms with Crippen LogP contribution in [0.3, 0.4) is 0 Å². The molecule has 0 aliphatic rings. The maximum atomic E-state index is 10.3. The van der Waals surface area contributed by atoms with Gasteiger partial charge in [0.1, 0.15) is 0 Å². The van der Waals surface area contributed by atoms with Crippen molar-refractivity contribution in [1.82, 2.24) is 0 Å². The standard InChI is InChI=1S/C8H18O4S.Na/c1-3-5-7-8(6-4-2)12-13(9,10)11;/h8H,3-7H2,1-2H3,(H,9,10,11);/q;+1/p-1/t8-;/m0./s1. The van der Waals surface area contributed by atoms with Crippen LogP contribution in [-0.2, 0) is 14.6 Å². The quantitative estimate of drug-likeness (QED) is 0.315. The van der Waals surface area contributed by atoms with Gasteiger partial charge in [-0.25, -0.2) is 8.42 Å². The summed E-state index contributed by atoms with van der Waals surface area (Å²) in [4.78, 5) is 0. The molecule has 0 radical (unpaired) electrons. The zero-order chi connectivity index (χ0) is 10.3. The van der Waals surface area contributed by atoms with E-state index in [4.69, 9.17) is 0 Å². The Morgan fingerprint density at radius 1 is 1.21 bits per heavy atom. The van der Waals surface area contributed by atoms with Gasteiger partial charge >= 0.3 is 29.6 Å². The average molecular weight is 232 g/mol. The Kier molecular flexibility index (Phi) is 11.3. The smallest absolute Gasteiger partial charge is 0.726 e. The molecule has 14 heavy (non-hydrogen) atoms. The molecule has 0 amide bonds. The Morgan fingerprint density at radius 2 is 1.79 bits per heavy atom. The molecule has 0 aliphatic carbocycles. The van der Waals surface area contributed by atoms with Gasteiger partial charge in [-0.1, -0.05) is 33.1 Å². The summed E-state index contributed by atoms with van der Waals surface area (Å²) in [6, 6.07) is 0. The molecule has 1 atom stereocenters. The summed E-state index contributed by atoms with van der Waals surface area (Å²) in [5, 5.41) is 0. The van der Waals surface area contributed by atoms with Crippen LogP contribution in [0, 0.1) is 0 Å². The second-order valence-corrected chi connectivity index (χ2v) is 4.07. The molecule has 0 aliphatic heterocycles. The van der Waals surface area contributed by atoms with E-state index in [0.717, 1.165) is 19.3 Å². The molecule has 0 spiro atoms. The molecule has 0 heterocycles. The summed E-state index contributed by atoms with van der Waals surface area (Å²) >= 11 is 0. The Morgan fingerprint density at radius 3 is 2.14 bits per heavy atom. The first-order valence-electron chi connectivity index (χ1n) is 4.63. The summed E-state index contributed by atoms with van der Waals surface area (Å²) < 4.78 is 35.3. The Balaban J connectivity index is 0. The van der Waals surface area contributed by atoms with E-state index in [2.05, 4.69) is 4.18 Å². The molecule has 0 saturated carbocycles. The number of rotatable bonds is 7. The van der Waals surface area contributed by atoms with E-state index in [1.54, 1.807) is 0 Å². The van der Waals surface area contributed by atoms with Gasteiger partial charge in [0.2, 0.25) is 10.4 Å². The van der Waals surface area contributed by atoms with E-state index in [1.165, 1.54) is 0 Å². The third-order valence-corrected chi connectivity index (χ3v) is 2.25. The predicted molar refractivity (Wildman–Crippen MR) is 49.0 cm³/mol. The van der Waals surface area contributed by atoms with Crippen molar-refractivity contribution < 1.29 is 46.7 Å². The van der Waals surface area contributed by atoms with Crippen molar-refractivity contribution in [3.05, 3.63) is 0 Å². The van der Waals surface area contributed by atoms with Crippen molar-refractivity contribution in [1.29, 1.82) is 0 Å². The van der Waals surface area contributed by atoms with Crippen molar-refractivity contribution in [2.45, 2.75) is 52.1 Å². The fourth-order valence-corrected chi connectivity index (χ4v) is 1.69. The van der Waals surface area contributed by atoms with Gasteiger partial charge in [-0.2, -0.15) is 0 Å². The van der Waals surface area contributed by atoms with Gasteiger partial charge in [0.25, 0.3) is 0 Å². The second-order valence-electron chi connectivity index (χ2n) is 3.06. The first kappa shape index (κ1) is 17.3. The van der Waals surface area contributed by atoms with Gasteiger partial charge in [-0.15, -0.1) is 0 Å². The van der Waals surface area contributed by atoms with E-state index in [-0.39, 0.29) is 29.6 Å². The topological polar surface area (TPSA) is 66.4 Å². The molecule has 0 rings (SSSR count). The SMILES string of the molecule is CCCC[C@H](CCC)OS(=O)(=O)[O-].[Na+]. The maximum absolute atomic E-state index is 10.3. The average Bonchev–Trinajstić information content (AvgIpc) is 1.98. The summed E-state index contributed by atoms with van der Waals surface area (Å²) in [5.74, 6) is 0. The van der Waals surface area contributed by atoms with Crippen molar-refractivity contribution >= 4 is 10.4 Å². The van der Waals surface area contributed by atoms with E-state index in [0.29, 0.717) is 12.8 Å². The fourth-order valence-electron chi connectivity index (χ4n) is 1.16. The van der Waals surface area contributed by atoms with Crippen molar-refractivity contribution in [3.8, 4) is 0 Å². The monoisotopic (exact) mass is 232 g/mol. The summed E-state index contributed by atoms with van der Waals surface area (Å²) in [7, 11) is -4.53. The van der Waals surface area contributed by atoms with Crippen molar-refractivity contribution in [2.24, 2.45) is 0 Å². The molecule has 0 N–H and O–H groups in total. The van der Waals surface area contributed by atoms with Gasteiger partial charge in [0.15, 0.2) is 0 Å². The Hall–Kier alpha value is 0.870. The minimum absolute atomic E-state index is 0. The zero-order valence-electron chi connectivity index (χ0n) is 9.15. The summed E-state index contributed by atoms with van der Waals surface area (Å²) in [6.45, 7) is 3.94. The van der Waals surface area contributed by atoms with Crippen LogP contribution in [0.5, 0.6) is 0 Å². The van der Waals surface area contributed by atoms with Crippen LogP contribution in [0.15, 0.2) is 0 Å². The van der Waals surface area contributed by atoms with Gasteiger partial charge in [-0.3, -0.25) is 4.18 Å². The van der Waals surface area contributed by atoms with E-state index >= 15 is 0 Å². The first-order valence-corrected chi connectivity index (χ1v) is 5.97. The molecule has 0 aromatic rings. The molecule has 0 fully saturated rings. The van der Waals surface area contributed by atoms with Crippen molar-refractivity contribution in [3.63, 3.8) is 0 Å². The van der Waals surface area contributed by atoms with Crippen LogP contribution in [0.1, 0.15) is 46.0 Å². The van der Waals surface area contributed by atoms with Crippen molar-refractivity contribution in [2.75, 3.05) is 0 Å². The van der Waals surface area contributed by atoms with E-state index < -0.39 is 16.5 Å². The van der Waals surface area contributed by atoms with E-state index in [9.17, 15) is 13.0 Å². The molecule has 4 nitrogen and oxygen atoms in total. The minimum Gasteiger partial charge on any atom is -0.726 e. The molecular formula is C8H17NaO4S. The normalized spacial score (nSPS) is 13.4. The molecule has 0 unspecified atom stereocenters. The molecule has 0 saturated heterocycles. The largest absolute Gasteiger partial charge is 1.00 e. The fraction of sp³-hybridized carbons (Fsp3) is 1.00. The third-order valence-electron chi connectivity index (χ3n) is 1.74. The predicted octanol–water partition coefficient (Wildman–Crippen LogP) is -1.17. The first-order chi connectivity index (χ1) is 5.99. The van der Waals surface area contributed by atoms with Gasteiger partial charge in [-0.05, 0) is 12.8 Å². The van der Waals surface area contributed by atoms with Crippen LogP contribution in [0.25, 0.3) is 0 Å². The Bertz CT molecular complexity index is 215. The molecular weight excluding hydrogens is 215 g/mol. The summed E-state index contributed by atoms with van der Waals surface area (Å²) in [6.07, 6.45) is 3.53. The number of hydrogen-bond donors (Lipinski definition) is 0. The number of unbranched alkanes of at least 4 members (excludes halogenated alkanes) is 1. The van der Waals surface area contributed by atoms with Crippen LogP contribution >= 0.6 is 0 Å².